The summed E-state index contributed by atoms with van der Waals surface area (Å²) in [5.74, 6) is -1.21. The fraction of sp³-hybridized carbons (Fsp3) is 0.222. The predicted molar refractivity (Wildman–Crippen MR) is 90.5 cm³/mol. The Balaban J connectivity index is 1.71. The van der Waals surface area contributed by atoms with Crippen LogP contribution < -0.4 is 0 Å². The van der Waals surface area contributed by atoms with Crippen molar-refractivity contribution in [3.8, 4) is 5.69 Å². The maximum Gasteiger partial charge on any atom is 0.328 e. The van der Waals surface area contributed by atoms with Crippen LogP contribution in [0.2, 0.25) is 0 Å². The van der Waals surface area contributed by atoms with Crippen LogP contribution in [0.5, 0.6) is 0 Å². The number of esters is 1. The van der Waals surface area contributed by atoms with Gasteiger partial charge in [-0.15, -0.1) is 0 Å². The molecule has 7 nitrogen and oxygen atoms in total. The molecule has 8 heteroatoms. The Morgan fingerprint density at radius 3 is 2.58 bits per heavy atom. The maximum atomic E-state index is 13.1. The van der Waals surface area contributed by atoms with Gasteiger partial charge in [-0.25, -0.2) is 14.1 Å². The van der Waals surface area contributed by atoms with Crippen molar-refractivity contribution in [1.82, 2.24) is 19.3 Å². The smallest absolute Gasteiger partial charge is 0.328 e. The van der Waals surface area contributed by atoms with Gasteiger partial charge in [-0.2, -0.15) is 5.10 Å². The molecule has 0 spiro atoms. The molecule has 2 heterocycles. The molecular weight excluding hydrogens is 339 g/mol. The fourth-order valence-electron chi connectivity index (χ4n) is 2.75. The molecule has 0 amide bonds. The average molecular weight is 356 g/mol. The topological polar surface area (TPSA) is 79.0 Å². The van der Waals surface area contributed by atoms with Crippen molar-refractivity contribution in [2.45, 2.75) is 20.4 Å². The Morgan fingerprint density at radius 2 is 1.92 bits per heavy atom. The van der Waals surface area contributed by atoms with Crippen LogP contribution in [0, 0.1) is 19.7 Å². The Hall–Kier alpha value is -3.29. The minimum absolute atomic E-state index is 0.109. The number of hydrogen-bond donors (Lipinski definition) is 0. The molecule has 1 aromatic carbocycles. The lowest BCUT2D eigenvalue weighted by Gasteiger charge is -2.10. The van der Waals surface area contributed by atoms with E-state index in [9.17, 15) is 14.0 Å². The molecule has 134 valence electrons. The van der Waals surface area contributed by atoms with Crippen molar-refractivity contribution in [3.05, 3.63) is 65.8 Å². The summed E-state index contributed by atoms with van der Waals surface area (Å²) in [6, 6.07) is 7.74. The number of aryl methyl sites for hydroxylation is 1. The van der Waals surface area contributed by atoms with Crippen molar-refractivity contribution < 1.29 is 18.7 Å². The molecule has 0 fully saturated rings. The monoisotopic (exact) mass is 356 g/mol. The minimum atomic E-state index is -0.573. The quantitative estimate of drug-likeness (QED) is 0.500. The summed E-state index contributed by atoms with van der Waals surface area (Å²) in [5.41, 5.74) is 2.74. The van der Waals surface area contributed by atoms with E-state index in [0.29, 0.717) is 11.3 Å². The van der Waals surface area contributed by atoms with Crippen molar-refractivity contribution in [1.29, 1.82) is 0 Å². The highest BCUT2D eigenvalue weighted by molar-refractivity contribution is 5.99. The Bertz CT molecular complexity index is 930. The number of ether oxygens (including phenoxy) is 1. The number of benzene rings is 1. The van der Waals surface area contributed by atoms with Crippen molar-refractivity contribution in [3.63, 3.8) is 0 Å². The van der Waals surface area contributed by atoms with Crippen LogP contribution in [-0.2, 0) is 16.1 Å². The zero-order chi connectivity index (χ0) is 18.7. The van der Waals surface area contributed by atoms with Gasteiger partial charge in [-0.1, -0.05) is 0 Å². The van der Waals surface area contributed by atoms with Gasteiger partial charge in [0, 0.05) is 22.6 Å². The lowest BCUT2D eigenvalue weighted by atomic mass is 10.1. The largest absolute Gasteiger partial charge is 0.456 e. The van der Waals surface area contributed by atoms with E-state index in [4.69, 9.17) is 4.74 Å². The van der Waals surface area contributed by atoms with E-state index in [1.807, 2.05) is 11.5 Å². The van der Waals surface area contributed by atoms with Crippen LogP contribution in [0.25, 0.3) is 5.69 Å². The van der Waals surface area contributed by atoms with E-state index in [1.54, 1.807) is 25.1 Å². The predicted octanol–water partition coefficient (Wildman–Crippen LogP) is 2.25. The molecule has 0 aliphatic carbocycles. The van der Waals surface area contributed by atoms with Crippen molar-refractivity contribution in [2.24, 2.45) is 0 Å². The number of nitrogens with zero attached hydrogens (tertiary/aromatic N) is 4. The molecule has 0 saturated carbocycles. The highest BCUT2D eigenvalue weighted by Gasteiger charge is 2.18. The Kier molecular flexibility index (Phi) is 4.92. The summed E-state index contributed by atoms with van der Waals surface area (Å²) in [4.78, 5) is 27.9. The number of hydrogen-bond acceptors (Lipinski definition) is 5. The second-order valence-electron chi connectivity index (χ2n) is 5.77. The highest BCUT2D eigenvalue weighted by Crippen LogP contribution is 2.21. The molecule has 0 aliphatic heterocycles. The average Bonchev–Trinajstić information content (AvgIpc) is 3.22. The first-order valence-electron chi connectivity index (χ1n) is 7.92. The molecular formula is C18H17FN4O3. The number of rotatable bonds is 6. The molecule has 3 aromatic rings. The second kappa shape index (κ2) is 7.30. The van der Waals surface area contributed by atoms with Crippen LogP contribution in [0.15, 0.2) is 43.0 Å². The van der Waals surface area contributed by atoms with Crippen LogP contribution in [0.1, 0.15) is 21.7 Å². The third-order valence-corrected chi connectivity index (χ3v) is 3.94. The van der Waals surface area contributed by atoms with Gasteiger partial charge >= 0.3 is 5.97 Å². The molecule has 0 unspecified atom stereocenters. The molecule has 3 rings (SSSR count). The van der Waals surface area contributed by atoms with Gasteiger partial charge < -0.3 is 9.30 Å². The maximum absolute atomic E-state index is 13.1. The van der Waals surface area contributed by atoms with Gasteiger partial charge in [0.15, 0.2) is 6.61 Å². The van der Waals surface area contributed by atoms with E-state index >= 15 is 0 Å². The van der Waals surface area contributed by atoms with Gasteiger partial charge in [-0.05, 0) is 44.2 Å². The number of halogens is 1. The minimum Gasteiger partial charge on any atom is -0.456 e. The van der Waals surface area contributed by atoms with E-state index in [1.165, 1.54) is 29.5 Å². The molecule has 0 bridgehead atoms. The lowest BCUT2D eigenvalue weighted by Crippen LogP contribution is -2.19. The third-order valence-electron chi connectivity index (χ3n) is 3.94. The van der Waals surface area contributed by atoms with Gasteiger partial charge in [-0.3, -0.25) is 9.59 Å². The molecule has 26 heavy (non-hydrogen) atoms. The van der Waals surface area contributed by atoms with Gasteiger partial charge in [0.05, 0.1) is 0 Å². The second-order valence-corrected chi connectivity index (χ2v) is 5.77. The summed E-state index contributed by atoms with van der Waals surface area (Å²) in [6.45, 7) is 3.17. The van der Waals surface area contributed by atoms with E-state index in [-0.39, 0.29) is 24.8 Å². The normalized spacial score (nSPS) is 10.7. The third kappa shape index (κ3) is 3.69. The Labute approximate surface area is 149 Å². The van der Waals surface area contributed by atoms with Crippen LogP contribution >= 0.6 is 0 Å². The molecule has 0 atom stereocenters. The van der Waals surface area contributed by atoms with E-state index in [0.717, 1.165) is 11.4 Å². The number of Topliss-reactive ketones (excluding diaryl/α,β-unsaturated/α-hetero) is 1. The van der Waals surface area contributed by atoms with Crippen molar-refractivity contribution >= 4 is 11.8 Å². The number of ketones is 1. The summed E-state index contributed by atoms with van der Waals surface area (Å²) in [7, 11) is 0. The van der Waals surface area contributed by atoms with E-state index in [2.05, 4.69) is 10.1 Å². The van der Waals surface area contributed by atoms with Crippen LogP contribution in [-0.4, -0.2) is 37.7 Å². The number of carbonyl (C=O) groups excluding carboxylic acids is 2. The number of carbonyl (C=O) groups is 2. The summed E-state index contributed by atoms with van der Waals surface area (Å²) in [6.07, 6.45) is 2.70. The van der Waals surface area contributed by atoms with Crippen LogP contribution in [0.4, 0.5) is 4.39 Å². The fourth-order valence-corrected chi connectivity index (χ4v) is 2.75. The standard InChI is InChI=1S/C18H17FN4O3/c1-12-7-16(13(2)23(12)15-5-3-14(19)4-6-15)17(24)9-26-18(25)8-22-11-20-10-21-22/h3-7,10-11H,8-9H2,1-2H3. The zero-order valence-electron chi connectivity index (χ0n) is 14.3. The number of aromatic nitrogens is 4. The SMILES string of the molecule is Cc1cc(C(=O)COC(=O)Cn2cncn2)c(C)n1-c1ccc(F)cc1. The lowest BCUT2D eigenvalue weighted by molar-refractivity contribution is -0.143. The van der Waals surface area contributed by atoms with Gasteiger partial charge in [0.2, 0.25) is 5.78 Å². The van der Waals surface area contributed by atoms with Gasteiger partial charge in [0.25, 0.3) is 0 Å². The molecule has 0 aliphatic rings. The molecule has 2 aromatic heterocycles. The first-order chi connectivity index (χ1) is 12.5. The Morgan fingerprint density at radius 1 is 1.19 bits per heavy atom. The molecule has 0 radical (unpaired) electrons. The first-order valence-corrected chi connectivity index (χ1v) is 7.92. The molecule has 0 saturated heterocycles. The van der Waals surface area contributed by atoms with E-state index < -0.39 is 5.97 Å². The van der Waals surface area contributed by atoms with Crippen molar-refractivity contribution in [2.75, 3.05) is 6.61 Å². The molecule has 0 N–H and O–H groups in total. The summed E-state index contributed by atoms with van der Waals surface area (Å²) in [5, 5.41) is 3.80. The highest BCUT2D eigenvalue weighted by atomic mass is 19.1. The zero-order valence-corrected chi connectivity index (χ0v) is 14.3. The van der Waals surface area contributed by atoms with Gasteiger partial charge in [0.1, 0.15) is 25.0 Å². The van der Waals surface area contributed by atoms with Crippen LogP contribution in [0.3, 0.4) is 0 Å². The summed E-state index contributed by atoms with van der Waals surface area (Å²) >= 11 is 0. The summed E-state index contributed by atoms with van der Waals surface area (Å²) < 4.78 is 21.3. The first kappa shape index (κ1) is 17.5.